The van der Waals surface area contributed by atoms with Gasteiger partial charge in [0, 0.05) is 13.0 Å². The average molecular weight is 253 g/mol. The normalized spacial score (nSPS) is 12.4. The molecule has 0 unspecified atom stereocenters. The fourth-order valence-corrected chi connectivity index (χ4v) is 1.31. The van der Waals surface area contributed by atoms with Gasteiger partial charge in [-0.3, -0.25) is 4.90 Å². The van der Waals surface area contributed by atoms with Crippen molar-refractivity contribution in [2.45, 2.75) is 26.1 Å². The molecule has 1 heterocycles. The maximum Gasteiger partial charge on any atom is 0.401 e. The third-order valence-electron chi connectivity index (χ3n) is 2.00. The van der Waals surface area contributed by atoms with Crippen LogP contribution in [0.25, 0.3) is 0 Å². The van der Waals surface area contributed by atoms with E-state index in [4.69, 9.17) is 9.63 Å². The molecule has 5 nitrogen and oxygen atoms in total. The van der Waals surface area contributed by atoms with Gasteiger partial charge in [0.2, 0.25) is 5.89 Å². The molecule has 1 aromatic rings. The van der Waals surface area contributed by atoms with Gasteiger partial charge in [-0.1, -0.05) is 12.1 Å². The fraction of sp³-hybridized carbons (Fsp3) is 0.778. The smallest absolute Gasteiger partial charge is 0.395 e. The summed E-state index contributed by atoms with van der Waals surface area (Å²) >= 11 is 0. The van der Waals surface area contributed by atoms with Gasteiger partial charge in [0.1, 0.15) is 0 Å². The van der Waals surface area contributed by atoms with Crippen molar-refractivity contribution in [3.8, 4) is 0 Å². The predicted octanol–water partition coefficient (Wildman–Crippen LogP) is 0.989. The Morgan fingerprint density at radius 1 is 1.41 bits per heavy atom. The van der Waals surface area contributed by atoms with Crippen LogP contribution in [0.3, 0.4) is 0 Å². The zero-order valence-corrected chi connectivity index (χ0v) is 9.37. The summed E-state index contributed by atoms with van der Waals surface area (Å²) in [7, 11) is 0. The molecular weight excluding hydrogens is 239 g/mol. The molecule has 0 aliphatic rings. The lowest BCUT2D eigenvalue weighted by molar-refractivity contribution is -0.148. The van der Waals surface area contributed by atoms with Crippen LogP contribution in [0.5, 0.6) is 0 Å². The first-order valence-electron chi connectivity index (χ1n) is 5.16. The molecule has 0 saturated heterocycles. The standard InChI is InChI=1S/C9H14F3N3O2/c1-2-8-13-7(14-17-8)5-15(3-4-16)6-9(10,11)12/h16H,2-6H2,1H3. The highest BCUT2D eigenvalue weighted by atomic mass is 19.4. The van der Waals surface area contributed by atoms with Crippen LogP contribution >= 0.6 is 0 Å². The van der Waals surface area contributed by atoms with E-state index in [2.05, 4.69) is 10.1 Å². The van der Waals surface area contributed by atoms with Gasteiger partial charge in [0.05, 0.1) is 19.7 Å². The van der Waals surface area contributed by atoms with Gasteiger partial charge in [-0.25, -0.2) is 0 Å². The third kappa shape index (κ3) is 5.14. The van der Waals surface area contributed by atoms with Gasteiger partial charge in [0.25, 0.3) is 0 Å². The largest absolute Gasteiger partial charge is 0.401 e. The first-order chi connectivity index (χ1) is 7.94. The highest BCUT2D eigenvalue weighted by Gasteiger charge is 2.31. The Kier molecular flexibility index (Phi) is 4.88. The highest BCUT2D eigenvalue weighted by Crippen LogP contribution is 2.17. The summed E-state index contributed by atoms with van der Waals surface area (Å²) in [6, 6.07) is 0. The molecule has 0 fully saturated rings. The molecule has 0 atom stereocenters. The summed E-state index contributed by atoms with van der Waals surface area (Å²) in [6.07, 6.45) is -3.78. The maximum absolute atomic E-state index is 12.2. The van der Waals surface area contributed by atoms with E-state index in [1.807, 2.05) is 0 Å². The van der Waals surface area contributed by atoms with E-state index in [9.17, 15) is 13.2 Å². The van der Waals surface area contributed by atoms with E-state index in [-0.39, 0.29) is 25.5 Å². The van der Waals surface area contributed by atoms with Crippen LogP contribution in [0, 0.1) is 0 Å². The van der Waals surface area contributed by atoms with Crippen molar-refractivity contribution < 1.29 is 22.8 Å². The molecule has 8 heteroatoms. The Bertz CT molecular complexity index is 340. The number of halogens is 3. The lowest BCUT2D eigenvalue weighted by Gasteiger charge is -2.20. The monoisotopic (exact) mass is 253 g/mol. The molecule has 0 aliphatic carbocycles. The molecule has 17 heavy (non-hydrogen) atoms. The first-order valence-corrected chi connectivity index (χ1v) is 5.16. The van der Waals surface area contributed by atoms with E-state index < -0.39 is 12.7 Å². The van der Waals surface area contributed by atoms with Crippen LogP contribution in [0.15, 0.2) is 4.52 Å². The fourth-order valence-electron chi connectivity index (χ4n) is 1.31. The SMILES string of the molecule is CCc1nc(CN(CCO)CC(F)(F)F)no1. The molecule has 0 radical (unpaired) electrons. The van der Waals surface area contributed by atoms with Crippen LogP contribution in [0.2, 0.25) is 0 Å². The lowest BCUT2D eigenvalue weighted by atomic mass is 10.4. The Balaban J connectivity index is 2.59. The van der Waals surface area contributed by atoms with Crippen LogP contribution in [0.4, 0.5) is 13.2 Å². The van der Waals surface area contributed by atoms with E-state index in [1.54, 1.807) is 6.92 Å². The predicted molar refractivity (Wildman–Crippen MR) is 52.1 cm³/mol. The number of rotatable bonds is 6. The number of aliphatic hydroxyl groups is 1. The summed E-state index contributed by atoms with van der Waals surface area (Å²) in [5.74, 6) is 0.579. The van der Waals surface area contributed by atoms with Crippen LogP contribution in [-0.4, -0.2) is 46.0 Å². The quantitative estimate of drug-likeness (QED) is 0.819. The maximum atomic E-state index is 12.2. The highest BCUT2D eigenvalue weighted by molar-refractivity contribution is 4.86. The van der Waals surface area contributed by atoms with Crippen molar-refractivity contribution in [2.24, 2.45) is 0 Å². The summed E-state index contributed by atoms with van der Waals surface area (Å²) in [4.78, 5) is 4.93. The van der Waals surface area contributed by atoms with Gasteiger partial charge in [-0.05, 0) is 0 Å². The molecule has 1 rings (SSSR count). The molecule has 98 valence electrons. The number of alkyl halides is 3. The summed E-state index contributed by atoms with van der Waals surface area (Å²) in [5.41, 5.74) is 0. The zero-order chi connectivity index (χ0) is 12.9. The Morgan fingerprint density at radius 2 is 2.12 bits per heavy atom. The molecule has 0 bridgehead atoms. The minimum Gasteiger partial charge on any atom is -0.395 e. The van der Waals surface area contributed by atoms with Gasteiger partial charge in [-0.15, -0.1) is 0 Å². The number of hydrogen-bond acceptors (Lipinski definition) is 5. The molecular formula is C9H14F3N3O2. The number of hydrogen-bond donors (Lipinski definition) is 1. The first kappa shape index (κ1) is 13.9. The van der Waals surface area contributed by atoms with Gasteiger partial charge >= 0.3 is 6.18 Å². The summed E-state index contributed by atoms with van der Waals surface area (Å²) < 4.78 is 41.4. The van der Waals surface area contributed by atoms with Gasteiger partial charge in [-0.2, -0.15) is 18.2 Å². The molecule has 0 aromatic carbocycles. The second-order valence-electron chi connectivity index (χ2n) is 3.51. The molecule has 1 N–H and O–H groups in total. The second kappa shape index (κ2) is 5.97. The topological polar surface area (TPSA) is 62.4 Å². The average Bonchev–Trinajstić information content (AvgIpc) is 2.63. The second-order valence-corrected chi connectivity index (χ2v) is 3.51. The van der Waals surface area contributed by atoms with E-state index in [0.717, 1.165) is 4.90 Å². The van der Waals surface area contributed by atoms with E-state index in [1.165, 1.54) is 0 Å². The molecule has 0 saturated carbocycles. The molecule has 0 spiro atoms. The van der Waals surface area contributed by atoms with Crippen molar-refractivity contribution in [3.05, 3.63) is 11.7 Å². The van der Waals surface area contributed by atoms with Crippen molar-refractivity contribution in [1.82, 2.24) is 15.0 Å². The zero-order valence-electron chi connectivity index (χ0n) is 9.37. The molecule has 1 aromatic heterocycles. The Morgan fingerprint density at radius 3 is 2.59 bits per heavy atom. The minimum absolute atomic E-state index is 0.0878. The van der Waals surface area contributed by atoms with Crippen molar-refractivity contribution >= 4 is 0 Å². The number of aryl methyl sites for hydroxylation is 1. The lowest BCUT2D eigenvalue weighted by Crippen LogP contribution is -2.36. The van der Waals surface area contributed by atoms with E-state index in [0.29, 0.717) is 12.3 Å². The summed E-state index contributed by atoms with van der Waals surface area (Å²) in [5, 5.41) is 12.3. The van der Waals surface area contributed by atoms with Gasteiger partial charge < -0.3 is 9.63 Å². The number of nitrogens with zero attached hydrogens (tertiary/aromatic N) is 3. The number of aromatic nitrogens is 2. The summed E-state index contributed by atoms with van der Waals surface area (Å²) in [6.45, 7) is 0.162. The van der Waals surface area contributed by atoms with Crippen LogP contribution in [0.1, 0.15) is 18.6 Å². The Labute approximate surface area is 96.2 Å². The van der Waals surface area contributed by atoms with Crippen LogP contribution < -0.4 is 0 Å². The number of aliphatic hydroxyl groups excluding tert-OH is 1. The van der Waals surface area contributed by atoms with Crippen molar-refractivity contribution in [1.29, 1.82) is 0 Å². The Hall–Kier alpha value is -1.15. The van der Waals surface area contributed by atoms with Crippen molar-refractivity contribution in [2.75, 3.05) is 19.7 Å². The molecule has 0 aliphatic heterocycles. The van der Waals surface area contributed by atoms with Crippen molar-refractivity contribution in [3.63, 3.8) is 0 Å². The van der Waals surface area contributed by atoms with Gasteiger partial charge in [0.15, 0.2) is 5.82 Å². The minimum atomic E-state index is -4.31. The third-order valence-corrected chi connectivity index (χ3v) is 2.00. The molecule has 0 amide bonds. The van der Waals surface area contributed by atoms with E-state index >= 15 is 0 Å². The van der Waals surface area contributed by atoms with Crippen LogP contribution in [-0.2, 0) is 13.0 Å².